The molecule has 1 aromatic carbocycles. The molecule has 20 heavy (non-hydrogen) atoms. The van der Waals surface area contributed by atoms with E-state index in [-0.39, 0.29) is 0 Å². The summed E-state index contributed by atoms with van der Waals surface area (Å²) in [5, 5.41) is 1.28. The SMILES string of the molecule is Cc1nccn1CCN(C)Cc1cccc2cc[nH]c12. The molecular weight excluding hydrogens is 248 g/mol. The second kappa shape index (κ2) is 5.51. The molecule has 104 valence electrons. The molecule has 2 heterocycles. The lowest BCUT2D eigenvalue weighted by molar-refractivity contribution is 0.311. The highest BCUT2D eigenvalue weighted by atomic mass is 15.1. The van der Waals surface area contributed by atoms with Crippen molar-refractivity contribution in [2.75, 3.05) is 13.6 Å². The summed E-state index contributed by atoms with van der Waals surface area (Å²) in [6.45, 7) is 4.97. The van der Waals surface area contributed by atoms with Gasteiger partial charge in [-0.3, -0.25) is 0 Å². The average Bonchev–Trinajstić information content (AvgIpc) is 3.06. The maximum absolute atomic E-state index is 4.25. The van der Waals surface area contributed by atoms with E-state index in [2.05, 4.69) is 50.7 Å². The molecule has 0 fully saturated rings. The Morgan fingerprint density at radius 3 is 3.00 bits per heavy atom. The van der Waals surface area contributed by atoms with E-state index >= 15 is 0 Å². The van der Waals surface area contributed by atoms with E-state index in [1.165, 1.54) is 16.5 Å². The van der Waals surface area contributed by atoms with Crippen LogP contribution in [0.5, 0.6) is 0 Å². The van der Waals surface area contributed by atoms with E-state index in [4.69, 9.17) is 0 Å². The lowest BCUT2D eigenvalue weighted by Crippen LogP contribution is -2.23. The number of aromatic nitrogens is 3. The fourth-order valence-corrected chi connectivity index (χ4v) is 2.57. The third kappa shape index (κ3) is 2.60. The van der Waals surface area contributed by atoms with Crippen molar-refractivity contribution in [3.63, 3.8) is 0 Å². The number of imidazole rings is 1. The first kappa shape index (κ1) is 12.9. The van der Waals surface area contributed by atoms with Gasteiger partial charge < -0.3 is 14.5 Å². The van der Waals surface area contributed by atoms with Crippen molar-refractivity contribution in [2.24, 2.45) is 0 Å². The Morgan fingerprint density at radius 2 is 2.20 bits per heavy atom. The second-order valence-corrected chi connectivity index (χ2v) is 5.26. The molecule has 4 nitrogen and oxygen atoms in total. The van der Waals surface area contributed by atoms with E-state index in [9.17, 15) is 0 Å². The van der Waals surface area contributed by atoms with Crippen molar-refractivity contribution < 1.29 is 0 Å². The first-order chi connectivity index (χ1) is 9.74. The standard InChI is InChI=1S/C16H20N4/c1-13-17-8-9-20(13)11-10-19(2)12-15-5-3-4-14-6-7-18-16(14)15/h3-9,18H,10-12H2,1-2H3. The van der Waals surface area contributed by atoms with E-state index < -0.39 is 0 Å². The summed E-state index contributed by atoms with van der Waals surface area (Å²) in [6.07, 6.45) is 5.90. The molecule has 2 aromatic heterocycles. The highest BCUT2D eigenvalue weighted by Gasteiger charge is 2.06. The highest BCUT2D eigenvalue weighted by Crippen LogP contribution is 2.18. The fraction of sp³-hybridized carbons (Fsp3) is 0.312. The van der Waals surface area contributed by atoms with Gasteiger partial charge in [0.05, 0.1) is 0 Å². The largest absolute Gasteiger partial charge is 0.361 e. The highest BCUT2D eigenvalue weighted by molar-refractivity contribution is 5.82. The number of nitrogens with zero attached hydrogens (tertiary/aromatic N) is 3. The molecule has 0 atom stereocenters. The predicted molar refractivity (Wildman–Crippen MR) is 81.6 cm³/mol. The van der Waals surface area contributed by atoms with Gasteiger partial charge in [0.2, 0.25) is 0 Å². The van der Waals surface area contributed by atoms with Crippen LogP contribution in [0.3, 0.4) is 0 Å². The molecule has 0 saturated carbocycles. The van der Waals surface area contributed by atoms with Gasteiger partial charge in [-0.2, -0.15) is 0 Å². The van der Waals surface area contributed by atoms with Gasteiger partial charge in [-0.25, -0.2) is 4.98 Å². The number of rotatable bonds is 5. The number of benzene rings is 1. The number of nitrogens with one attached hydrogen (secondary N) is 1. The van der Waals surface area contributed by atoms with E-state index in [0.29, 0.717) is 0 Å². The van der Waals surface area contributed by atoms with Crippen LogP contribution in [0.4, 0.5) is 0 Å². The van der Waals surface area contributed by atoms with Gasteiger partial charge in [0.15, 0.2) is 0 Å². The van der Waals surface area contributed by atoms with Crippen molar-refractivity contribution in [1.82, 2.24) is 19.4 Å². The molecule has 0 unspecified atom stereocenters. The molecule has 0 bridgehead atoms. The Labute approximate surface area is 119 Å². The number of likely N-dealkylation sites (N-methyl/N-ethyl adjacent to an activating group) is 1. The number of aromatic amines is 1. The number of para-hydroxylation sites is 1. The van der Waals surface area contributed by atoms with Crippen LogP contribution < -0.4 is 0 Å². The average molecular weight is 268 g/mol. The van der Waals surface area contributed by atoms with Crippen LogP contribution in [0, 0.1) is 6.92 Å². The molecule has 1 N–H and O–H groups in total. The van der Waals surface area contributed by atoms with Crippen LogP contribution in [-0.4, -0.2) is 33.0 Å². The van der Waals surface area contributed by atoms with Crippen LogP contribution in [-0.2, 0) is 13.1 Å². The smallest absolute Gasteiger partial charge is 0.105 e. The zero-order valence-electron chi connectivity index (χ0n) is 12.0. The molecule has 0 radical (unpaired) electrons. The number of H-pyrrole nitrogens is 1. The fourth-order valence-electron chi connectivity index (χ4n) is 2.57. The Hall–Kier alpha value is -2.07. The van der Waals surface area contributed by atoms with Crippen LogP contribution in [0.2, 0.25) is 0 Å². The van der Waals surface area contributed by atoms with Crippen LogP contribution >= 0.6 is 0 Å². The monoisotopic (exact) mass is 268 g/mol. The van der Waals surface area contributed by atoms with Crippen molar-refractivity contribution in [3.8, 4) is 0 Å². The van der Waals surface area contributed by atoms with E-state index in [1.54, 1.807) is 0 Å². The summed E-state index contributed by atoms with van der Waals surface area (Å²) < 4.78 is 2.19. The van der Waals surface area contributed by atoms with E-state index in [0.717, 1.165) is 25.5 Å². The van der Waals surface area contributed by atoms with Gasteiger partial charge in [0.25, 0.3) is 0 Å². The molecule has 3 aromatic rings. The van der Waals surface area contributed by atoms with E-state index in [1.807, 2.05) is 25.5 Å². The minimum Gasteiger partial charge on any atom is -0.361 e. The molecule has 4 heteroatoms. The third-order valence-electron chi connectivity index (χ3n) is 3.76. The summed E-state index contributed by atoms with van der Waals surface area (Å²) in [6, 6.07) is 8.58. The van der Waals surface area contributed by atoms with Crippen LogP contribution in [0.15, 0.2) is 42.9 Å². The molecule has 0 aliphatic carbocycles. The Bertz CT molecular complexity index is 695. The topological polar surface area (TPSA) is 36.9 Å². The summed E-state index contributed by atoms with van der Waals surface area (Å²) in [7, 11) is 2.16. The van der Waals surface area contributed by atoms with Crippen LogP contribution in [0.1, 0.15) is 11.4 Å². The number of fused-ring (bicyclic) bond motifs is 1. The first-order valence-corrected chi connectivity index (χ1v) is 6.95. The molecular formula is C16H20N4. The van der Waals surface area contributed by atoms with Crippen molar-refractivity contribution in [3.05, 3.63) is 54.2 Å². The lowest BCUT2D eigenvalue weighted by atomic mass is 10.1. The number of hydrogen-bond donors (Lipinski definition) is 1. The van der Waals surface area contributed by atoms with Gasteiger partial charge in [-0.05, 0) is 31.0 Å². The molecule has 0 amide bonds. The van der Waals surface area contributed by atoms with Crippen LogP contribution in [0.25, 0.3) is 10.9 Å². The zero-order valence-corrected chi connectivity index (χ0v) is 12.0. The second-order valence-electron chi connectivity index (χ2n) is 5.26. The minimum absolute atomic E-state index is 0.950. The Morgan fingerprint density at radius 1 is 1.30 bits per heavy atom. The molecule has 3 rings (SSSR count). The number of aryl methyl sites for hydroxylation is 1. The molecule has 0 aliphatic rings. The van der Waals surface area contributed by atoms with Gasteiger partial charge in [-0.1, -0.05) is 18.2 Å². The molecule has 0 spiro atoms. The summed E-state index contributed by atoms with van der Waals surface area (Å²) in [5.41, 5.74) is 2.59. The van der Waals surface area contributed by atoms with Crippen molar-refractivity contribution in [2.45, 2.75) is 20.0 Å². The van der Waals surface area contributed by atoms with Crippen molar-refractivity contribution >= 4 is 10.9 Å². The number of hydrogen-bond acceptors (Lipinski definition) is 2. The van der Waals surface area contributed by atoms with Gasteiger partial charge in [0.1, 0.15) is 5.82 Å². The normalized spacial score (nSPS) is 11.6. The Balaban J connectivity index is 1.65. The minimum atomic E-state index is 0.950. The molecule has 0 saturated heterocycles. The Kier molecular flexibility index (Phi) is 3.56. The first-order valence-electron chi connectivity index (χ1n) is 6.95. The van der Waals surface area contributed by atoms with Gasteiger partial charge in [0, 0.05) is 43.7 Å². The lowest BCUT2D eigenvalue weighted by Gasteiger charge is -2.18. The zero-order chi connectivity index (χ0) is 13.9. The third-order valence-corrected chi connectivity index (χ3v) is 3.76. The molecule has 0 aliphatic heterocycles. The predicted octanol–water partition coefficient (Wildman–Crippen LogP) is 2.80. The van der Waals surface area contributed by atoms with Gasteiger partial charge in [-0.15, -0.1) is 0 Å². The van der Waals surface area contributed by atoms with Gasteiger partial charge >= 0.3 is 0 Å². The summed E-state index contributed by atoms with van der Waals surface area (Å²) in [5.74, 6) is 1.07. The maximum Gasteiger partial charge on any atom is 0.105 e. The quantitative estimate of drug-likeness (QED) is 0.772. The van der Waals surface area contributed by atoms with Crippen molar-refractivity contribution in [1.29, 1.82) is 0 Å². The maximum atomic E-state index is 4.25. The summed E-state index contributed by atoms with van der Waals surface area (Å²) in [4.78, 5) is 9.92. The summed E-state index contributed by atoms with van der Waals surface area (Å²) >= 11 is 0.